The fraction of sp³-hybridized carbons (Fsp3) is 0.400. The van der Waals surface area contributed by atoms with Gasteiger partial charge in [0.1, 0.15) is 0 Å². The average Bonchev–Trinajstić information content (AvgIpc) is 2.65. The molecule has 0 aliphatic rings. The van der Waals surface area contributed by atoms with Gasteiger partial charge in [0, 0.05) is 39.8 Å². The summed E-state index contributed by atoms with van der Waals surface area (Å²) >= 11 is 12.0. The second-order valence-electron chi connectivity index (χ2n) is 6.09. The smallest absolute Gasteiger partial charge is 0.0595 e. The van der Waals surface area contributed by atoms with Crippen molar-refractivity contribution in [2.75, 3.05) is 13.7 Å². The van der Waals surface area contributed by atoms with Crippen molar-refractivity contribution >= 4 is 32.4 Å². The van der Waals surface area contributed by atoms with Crippen LogP contribution in [0.1, 0.15) is 48.5 Å². The molecule has 3 nitrogen and oxygen atoms in total. The molecule has 0 aliphatic carbocycles. The summed E-state index contributed by atoms with van der Waals surface area (Å²) in [4.78, 5) is 5.42. The molecule has 1 radical (unpaired) electrons. The molecule has 0 spiro atoms. The zero-order valence-corrected chi connectivity index (χ0v) is 21.5. The van der Waals surface area contributed by atoms with Crippen LogP contribution in [0.15, 0.2) is 42.5 Å². The van der Waals surface area contributed by atoms with Crippen molar-refractivity contribution in [1.82, 2.24) is 0 Å². The van der Waals surface area contributed by atoms with Crippen molar-refractivity contribution in [2.24, 2.45) is 0 Å². The van der Waals surface area contributed by atoms with Crippen LogP contribution in [0.3, 0.4) is 0 Å². The van der Waals surface area contributed by atoms with Crippen LogP contribution in [0, 0.1) is 0 Å². The van der Waals surface area contributed by atoms with E-state index >= 15 is 0 Å². The van der Waals surface area contributed by atoms with Gasteiger partial charge in [-0.15, -0.1) is 15.8 Å². The second kappa shape index (κ2) is 15.3. The summed E-state index contributed by atoms with van der Waals surface area (Å²) in [5.41, 5.74) is 8.04. The Morgan fingerprint density at radius 3 is 2.15 bits per heavy atom. The molecule has 0 aliphatic heterocycles. The van der Waals surface area contributed by atoms with E-state index in [9.17, 15) is 0 Å². The zero-order chi connectivity index (χ0) is 19.5. The van der Waals surface area contributed by atoms with Crippen molar-refractivity contribution in [1.29, 1.82) is 0 Å². The molecule has 27 heavy (non-hydrogen) atoms. The molecule has 0 aromatic heterocycles. The molecule has 2 aromatic rings. The SMILES string of the molecule is CC(C)c1ccc(CO[N-]CCC(P)c2ccc(Cl)c(Cl)c2)cc1.CO.[Y]. The standard InChI is InChI=1S/C19H23Cl2NOP.CH4O.Y/c1-13(2)15-5-3-14(4-6-15)12-23-22-10-9-19(24)16-7-8-17(20)18(21)11-16;1-2;/h3-8,11,13,19H,9-10,12,24H2,1-2H3;2H,1H3;/q-1;;. The third-order valence-corrected chi connectivity index (χ3v) is 5.33. The maximum atomic E-state index is 7.00. The molecule has 0 saturated heterocycles. The van der Waals surface area contributed by atoms with Crippen molar-refractivity contribution in [3.8, 4) is 0 Å². The maximum absolute atomic E-state index is 7.00. The molecule has 0 bridgehead atoms. The summed E-state index contributed by atoms with van der Waals surface area (Å²) in [6, 6.07) is 14.2. The monoisotopic (exact) mass is 503 g/mol. The molecular formula is C20H27Cl2NO2PY-. The van der Waals surface area contributed by atoms with Gasteiger partial charge < -0.3 is 15.4 Å². The minimum Gasteiger partial charge on any atom is -0.534 e. The first-order valence-electron chi connectivity index (χ1n) is 8.50. The number of aliphatic hydroxyl groups excluding tert-OH is 1. The molecule has 2 atom stereocenters. The van der Waals surface area contributed by atoms with Crippen LogP contribution >= 0.6 is 32.4 Å². The van der Waals surface area contributed by atoms with Gasteiger partial charge in [-0.3, -0.25) is 0 Å². The Hall–Kier alpha value is 0.434. The summed E-state index contributed by atoms with van der Waals surface area (Å²) < 4.78 is 0. The Morgan fingerprint density at radius 2 is 1.59 bits per heavy atom. The Morgan fingerprint density at radius 1 is 1.00 bits per heavy atom. The van der Waals surface area contributed by atoms with E-state index in [-0.39, 0.29) is 38.4 Å². The van der Waals surface area contributed by atoms with Crippen molar-refractivity contribution in [3.05, 3.63) is 74.7 Å². The van der Waals surface area contributed by atoms with E-state index < -0.39 is 0 Å². The number of rotatable bonds is 8. The molecule has 7 heteroatoms. The Bertz CT molecular complexity index is 657. The summed E-state index contributed by atoms with van der Waals surface area (Å²) in [5, 5.41) is 8.16. The number of hydroxylamine groups is 1. The average molecular weight is 504 g/mol. The van der Waals surface area contributed by atoms with E-state index in [1.807, 2.05) is 18.2 Å². The Kier molecular flexibility index (Phi) is 15.5. The van der Waals surface area contributed by atoms with Crippen LogP contribution in [-0.2, 0) is 44.2 Å². The second-order valence-corrected chi connectivity index (χ2v) is 7.71. The van der Waals surface area contributed by atoms with Gasteiger partial charge in [-0.25, -0.2) is 0 Å². The molecule has 0 fully saturated rings. The molecule has 1 N–H and O–H groups in total. The third-order valence-electron chi connectivity index (χ3n) is 3.87. The first-order valence-corrected chi connectivity index (χ1v) is 9.92. The van der Waals surface area contributed by atoms with Gasteiger partial charge in [-0.05, 0) is 40.4 Å². The predicted molar refractivity (Wildman–Crippen MR) is 115 cm³/mol. The van der Waals surface area contributed by atoms with Gasteiger partial charge in [0.2, 0.25) is 0 Å². The van der Waals surface area contributed by atoms with E-state index in [0.717, 1.165) is 24.7 Å². The van der Waals surface area contributed by atoms with E-state index in [4.69, 9.17) is 33.1 Å². The number of benzene rings is 2. The fourth-order valence-corrected chi connectivity index (χ4v) is 2.95. The number of hydrogen-bond acceptors (Lipinski definition) is 2. The molecule has 0 amide bonds. The van der Waals surface area contributed by atoms with Crippen LogP contribution in [0.4, 0.5) is 0 Å². The van der Waals surface area contributed by atoms with Crippen LogP contribution in [-0.4, -0.2) is 18.8 Å². The Labute approximate surface area is 200 Å². The number of hydrogen-bond donors (Lipinski definition) is 1. The van der Waals surface area contributed by atoms with Gasteiger partial charge in [-0.2, -0.15) is 0 Å². The minimum atomic E-state index is 0. The molecule has 2 unspecified atom stereocenters. The summed E-state index contributed by atoms with van der Waals surface area (Å²) in [6.45, 7) is 5.52. The predicted octanol–water partition coefficient (Wildman–Crippen LogP) is 6.53. The van der Waals surface area contributed by atoms with Gasteiger partial charge in [-0.1, -0.05) is 73.8 Å². The van der Waals surface area contributed by atoms with E-state index in [2.05, 4.69) is 52.8 Å². The summed E-state index contributed by atoms with van der Waals surface area (Å²) in [5.74, 6) is 0.546. The molecular weight excluding hydrogens is 477 g/mol. The van der Waals surface area contributed by atoms with E-state index in [1.54, 1.807) is 0 Å². The molecule has 0 saturated carbocycles. The largest absolute Gasteiger partial charge is 0.534 e. The minimum absolute atomic E-state index is 0. The van der Waals surface area contributed by atoms with Gasteiger partial charge in [0.05, 0.1) is 16.7 Å². The topological polar surface area (TPSA) is 43.6 Å². The number of aliphatic hydroxyl groups is 1. The number of halogens is 2. The summed E-state index contributed by atoms with van der Waals surface area (Å²) in [7, 11) is 3.82. The molecule has 147 valence electrons. The molecule has 0 heterocycles. The molecule has 2 aromatic carbocycles. The fourth-order valence-electron chi connectivity index (χ4n) is 2.28. The first kappa shape index (κ1) is 27.4. The van der Waals surface area contributed by atoms with Crippen molar-refractivity contribution < 1.29 is 42.7 Å². The van der Waals surface area contributed by atoms with E-state index in [1.165, 1.54) is 5.56 Å². The van der Waals surface area contributed by atoms with Gasteiger partial charge >= 0.3 is 0 Å². The normalized spacial score (nSPS) is 11.4. The Balaban J connectivity index is 0.00000218. The quantitative estimate of drug-likeness (QED) is 0.252. The van der Waals surface area contributed by atoms with Crippen LogP contribution in [0.25, 0.3) is 5.48 Å². The van der Waals surface area contributed by atoms with Gasteiger partial charge in [0.15, 0.2) is 0 Å². The third kappa shape index (κ3) is 10.1. The van der Waals surface area contributed by atoms with Gasteiger partial charge in [0.25, 0.3) is 0 Å². The van der Waals surface area contributed by atoms with E-state index in [0.29, 0.717) is 29.1 Å². The first-order chi connectivity index (χ1) is 12.5. The maximum Gasteiger partial charge on any atom is 0.0595 e. The van der Waals surface area contributed by atoms with Crippen LogP contribution in [0.2, 0.25) is 10.0 Å². The van der Waals surface area contributed by atoms with Crippen LogP contribution < -0.4 is 0 Å². The van der Waals surface area contributed by atoms with Crippen molar-refractivity contribution in [2.45, 2.75) is 38.5 Å². The van der Waals surface area contributed by atoms with Crippen molar-refractivity contribution in [3.63, 3.8) is 0 Å². The zero-order valence-electron chi connectivity index (χ0n) is 16.0. The molecule has 2 rings (SSSR count). The number of nitrogens with zero attached hydrogens (tertiary/aromatic N) is 1. The summed E-state index contributed by atoms with van der Waals surface area (Å²) in [6.07, 6.45) is 0.870. The van der Waals surface area contributed by atoms with Crippen LogP contribution in [0.5, 0.6) is 0 Å².